The Bertz CT molecular complexity index is 1400. The minimum absolute atomic E-state index is 0.111. The summed E-state index contributed by atoms with van der Waals surface area (Å²) in [5.41, 5.74) is 3.20. The number of hydrogen-bond donors (Lipinski definition) is 0. The van der Waals surface area contributed by atoms with Crippen molar-refractivity contribution in [2.24, 2.45) is 0 Å². The lowest BCUT2D eigenvalue weighted by Crippen LogP contribution is -2.12. The van der Waals surface area contributed by atoms with Gasteiger partial charge in [0.1, 0.15) is 12.4 Å². The van der Waals surface area contributed by atoms with E-state index in [1.54, 1.807) is 36.4 Å². The highest BCUT2D eigenvalue weighted by molar-refractivity contribution is 7.90. The third kappa shape index (κ3) is 3.00. The Kier molecular flexibility index (Phi) is 4.49. The molecule has 4 aromatic rings. The monoisotopic (exact) mass is 401 g/mol. The van der Waals surface area contributed by atoms with Gasteiger partial charge in [-0.25, -0.2) is 17.4 Å². The van der Waals surface area contributed by atoms with E-state index in [-0.39, 0.29) is 16.1 Å². The van der Waals surface area contributed by atoms with Gasteiger partial charge < -0.3 is 0 Å². The number of carbonyl (C=O) groups excluding carboxylic acids is 1. The molecule has 0 aliphatic rings. The lowest BCUT2D eigenvalue weighted by molar-refractivity contribution is 0.112. The van der Waals surface area contributed by atoms with Gasteiger partial charge in [-0.15, -0.1) is 0 Å². The Morgan fingerprint density at radius 1 is 1.10 bits per heavy atom. The van der Waals surface area contributed by atoms with E-state index >= 15 is 0 Å². The van der Waals surface area contributed by atoms with Crippen LogP contribution < -0.4 is 0 Å². The quantitative estimate of drug-likeness (QED) is 0.483. The van der Waals surface area contributed by atoms with Crippen LogP contribution in [0.1, 0.15) is 21.5 Å². The van der Waals surface area contributed by atoms with Gasteiger partial charge in [0.15, 0.2) is 5.65 Å². The van der Waals surface area contributed by atoms with Crippen molar-refractivity contribution >= 4 is 27.3 Å². The Morgan fingerprint density at radius 2 is 1.86 bits per heavy atom. The van der Waals surface area contributed by atoms with E-state index in [9.17, 15) is 18.5 Å². The fourth-order valence-electron chi connectivity index (χ4n) is 3.32. The first-order valence-corrected chi connectivity index (χ1v) is 10.2. The first kappa shape index (κ1) is 18.6. The van der Waals surface area contributed by atoms with Crippen molar-refractivity contribution in [2.75, 3.05) is 0 Å². The maximum Gasteiger partial charge on any atom is 0.269 e. The third-order valence-electron chi connectivity index (χ3n) is 4.78. The number of aldehydes is 1. The Labute approximate surface area is 167 Å². The zero-order valence-corrected chi connectivity index (χ0v) is 16.2. The number of aryl methyl sites for hydroxylation is 1. The van der Waals surface area contributed by atoms with Gasteiger partial charge in [-0.05, 0) is 41.8 Å². The Hall–Kier alpha value is -3.76. The molecular weight excluding hydrogens is 386 g/mol. The molecule has 0 aliphatic carbocycles. The minimum Gasteiger partial charge on any atom is -0.298 e. The standard InChI is InChI=1S/C22H15N3O3S/c1-15-11-16(7-8-17(15)14-26)20-9-10-24-22-21(20)18(12-23)13-25(22)29(27,28)19-5-3-2-4-6-19/h2-11,13-14H,1H3. The zero-order valence-electron chi connectivity index (χ0n) is 15.4. The van der Waals surface area contributed by atoms with Crippen molar-refractivity contribution in [1.82, 2.24) is 8.96 Å². The van der Waals surface area contributed by atoms with Crippen LogP contribution in [0.15, 0.2) is 71.9 Å². The van der Waals surface area contributed by atoms with Crippen molar-refractivity contribution in [2.45, 2.75) is 11.8 Å². The average molecular weight is 401 g/mol. The number of benzene rings is 2. The predicted octanol–water partition coefficient (Wildman–Crippen LogP) is 3.93. The summed E-state index contributed by atoms with van der Waals surface area (Å²) in [4.78, 5) is 15.5. The molecule has 0 amide bonds. The van der Waals surface area contributed by atoms with E-state index in [1.807, 2.05) is 13.0 Å². The number of pyridine rings is 1. The van der Waals surface area contributed by atoms with Crippen LogP contribution >= 0.6 is 0 Å². The van der Waals surface area contributed by atoms with Crippen LogP contribution in [-0.2, 0) is 10.0 Å². The van der Waals surface area contributed by atoms with E-state index in [4.69, 9.17) is 0 Å². The molecule has 6 nitrogen and oxygen atoms in total. The molecule has 4 rings (SSSR count). The summed E-state index contributed by atoms with van der Waals surface area (Å²) in [7, 11) is -3.92. The molecule has 142 valence electrons. The first-order chi connectivity index (χ1) is 14.0. The number of carbonyl (C=O) groups is 1. The number of fused-ring (bicyclic) bond motifs is 1. The maximum atomic E-state index is 13.1. The van der Waals surface area contributed by atoms with Crippen LogP contribution in [0.3, 0.4) is 0 Å². The SMILES string of the molecule is Cc1cc(-c2ccnc3c2c(C#N)cn3S(=O)(=O)c2ccccc2)ccc1C=O. The molecular formula is C22H15N3O3S. The van der Waals surface area contributed by atoms with E-state index in [1.165, 1.54) is 24.5 Å². The molecule has 0 saturated heterocycles. The van der Waals surface area contributed by atoms with Gasteiger partial charge in [-0.2, -0.15) is 5.26 Å². The molecule has 2 aromatic carbocycles. The number of hydrogen-bond acceptors (Lipinski definition) is 5. The molecule has 2 aromatic heterocycles. The van der Waals surface area contributed by atoms with Gasteiger partial charge in [0.25, 0.3) is 10.0 Å². The fraction of sp³-hybridized carbons (Fsp3) is 0.0455. The van der Waals surface area contributed by atoms with Crippen molar-refractivity contribution in [1.29, 1.82) is 5.26 Å². The maximum absolute atomic E-state index is 13.1. The second-order valence-corrected chi connectivity index (χ2v) is 8.33. The molecule has 0 N–H and O–H groups in total. The number of aromatic nitrogens is 2. The predicted molar refractivity (Wildman–Crippen MR) is 109 cm³/mol. The topological polar surface area (TPSA) is 92.8 Å². The normalized spacial score (nSPS) is 11.3. The largest absolute Gasteiger partial charge is 0.298 e. The first-order valence-electron chi connectivity index (χ1n) is 8.74. The third-order valence-corrected chi connectivity index (χ3v) is 6.45. The molecule has 2 heterocycles. The summed E-state index contributed by atoms with van der Waals surface area (Å²) in [6.07, 6.45) is 3.60. The highest BCUT2D eigenvalue weighted by atomic mass is 32.2. The molecule has 0 radical (unpaired) electrons. The summed E-state index contributed by atoms with van der Waals surface area (Å²) in [6.45, 7) is 1.82. The summed E-state index contributed by atoms with van der Waals surface area (Å²) < 4.78 is 27.3. The van der Waals surface area contributed by atoms with Crippen molar-refractivity contribution < 1.29 is 13.2 Å². The van der Waals surface area contributed by atoms with Gasteiger partial charge in [0, 0.05) is 23.3 Å². The minimum atomic E-state index is -3.92. The average Bonchev–Trinajstić information content (AvgIpc) is 3.14. The highest BCUT2D eigenvalue weighted by Gasteiger charge is 2.24. The lowest BCUT2D eigenvalue weighted by atomic mass is 9.98. The van der Waals surface area contributed by atoms with E-state index in [0.29, 0.717) is 16.5 Å². The fourth-order valence-corrected chi connectivity index (χ4v) is 4.65. The van der Waals surface area contributed by atoms with Gasteiger partial charge in [-0.1, -0.05) is 36.4 Å². The number of nitrogens with zero attached hydrogens (tertiary/aromatic N) is 3. The summed E-state index contributed by atoms with van der Waals surface area (Å²) >= 11 is 0. The molecule has 0 spiro atoms. The molecule has 29 heavy (non-hydrogen) atoms. The smallest absolute Gasteiger partial charge is 0.269 e. The molecule has 0 saturated carbocycles. The van der Waals surface area contributed by atoms with E-state index in [2.05, 4.69) is 11.1 Å². The van der Waals surface area contributed by atoms with Crippen molar-refractivity contribution in [3.05, 3.63) is 83.7 Å². The second kappa shape index (κ2) is 7.00. The Balaban J connectivity index is 2.01. The molecule has 0 fully saturated rings. The van der Waals surface area contributed by atoms with Crippen molar-refractivity contribution in [3.63, 3.8) is 0 Å². The lowest BCUT2D eigenvalue weighted by Gasteiger charge is -2.09. The van der Waals surface area contributed by atoms with Crippen LogP contribution in [0.2, 0.25) is 0 Å². The van der Waals surface area contributed by atoms with Gasteiger partial charge in [-0.3, -0.25) is 4.79 Å². The summed E-state index contributed by atoms with van der Waals surface area (Å²) in [5.74, 6) is 0. The van der Waals surface area contributed by atoms with Gasteiger partial charge in [0.2, 0.25) is 0 Å². The second-order valence-electron chi connectivity index (χ2n) is 6.51. The molecule has 0 atom stereocenters. The molecule has 0 unspecified atom stereocenters. The number of nitriles is 1. The molecule has 7 heteroatoms. The van der Waals surface area contributed by atoms with Gasteiger partial charge >= 0.3 is 0 Å². The van der Waals surface area contributed by atoms with Crippen LogP contribution in [0.4, 0.5) is 0 Å². The van der Waals surface area contributed by atoms with Crippen LogP contribution in [-0.4, -0.2) is 23.7 Å². The zero-order chi connectivity index (χ0) is 20.6. The highest BCUT2D eigenvalue weighted by Crippen LogP contribution is 2.33. The molecule has 0 bridgehead atoms. The van der Waals surface area contributed by atoms with Crippen LogP contribution in [0, 0.1) is 18.3 Å². The number of rotatable bonds is 4. The Morgan fingerprint density at radius 3 is 2.52 bits per heavy atom. The molecule has 0 aliphatic heterocycles. The summed E-state index contributed by atoms with van der Waals surface area (Å²) in [6, 6.07) is 17.1. The van der Waals surface area contributed by atoms with Crippen LogP contribution in [0.25, 0.3) is 22.2 Å². The van der Waals surface area contributed by atoms with Gasteiger partial charge in [0.05, 0.1) is 10.5 Å². The van der Waals surface area contributed by atoms with Crippen LogP contribution in [0.5, 0.6) is 0 Å². The van der Waals surface area contributed by atoms with E-state index < -0.39 is 10.0 Å². The summed E-state index contributed by atoms with van der Waals surface area (Å²) in [5, 5.41) is 10.1. The van der Waals surface area contributed by atoms with E-state index in [0.717, 1.165) is 21.4 Å². The van der Waals surface area contributed by atoms with Crippen molar-refractivity contribution in [3.8, 4) is 17.2 Å².